The Kier molecular flexibility index (Phi) is 8.49. The number of rotatable bonds is 8. The maximum Gasteiger partial charge on any atom is 0.255 e. The summed E-state index contributed by atoms with van der Waals surface area (Å²) >= 11 is 6.20. The van der Waals surface area contributed by atoms with Gasteiger partial charge in [0.1, 0.15) is 5.82 Å². The molecule has 2 bridgehead atoms. The largest absolute Gasteiger partial charge is 0.493 e. The number of nitrogens with one attached hydrogen (secondary N) is 2. The number of benzene rings is 3. The Morgan fingerprint density at radius 2 is 1.73 bits per heavy atom. The molecular formula is C34H32ClFN4O5. The first kappa shape index (κ1) is 30.2. The van der Waals surface area contributed by atoms with Crippen LogP contribution in [-0.2, 0) is 17.8 Å². The summed E-state index contributed by atoms with van der Waals surface area (Å²) in [5.74, 6) is -0.104. The number of anilines is 3. The first-order chi connectivity index (χ1) is 21.7. The van der Waals surface area contributed by atoms with Crippen LogP contribution in [-0.4, -0.2) is 43.7 Å². The second kappa shape index (κ2) is 12.6. The molecule has 9 nitrogen and oxygen atoms in total. The van der Waals surface area contributed by atoms with Gasteiger partial charge in [0.15, 0.2) is 11.5 Å². The third-order valence-electron chi connectivity index (χ3n) is 8.39. The quantitative estimate of drug-likeness (QED) is 0.258. The lowest BCUT2D eigenvalue weighted by atomic mass is 9.83. The van der Waals surface area contributed by atoms with Crippen LogP contribution in [0.4, 0.5) is 21.5 Å². The van der Waals surface area contributed by atoms with E-state index >= 15 is 0 Å². The molecule has 0 aliphatic carbocycles. The summed E-state index contributed by atoms with van der Waals surface area (Å²) in [7, 11) is 3.04. The monoisotopic (exact) mass is 630 g/mol. The zero-order valence-corrected chi connectivity index (χ0v) is 25.6. The maximum absolute atomic E-state index is 14.5. The highest BCUT2D eigenvalue weighted by molar-refractivity contribution is 6.31. The molecule has 1 saturated heterocycles. The lowest BCUT2D eigenvalue weighted by Crippen LogP contribution is -2.47. The van der Waals surface area contributed by atoms with Crippen molar-refractivity contribution in [3.63, 3.8) is 0 Å². The normalized spacial score (nSPS) is 16.8. The van der Waals surface area contributed by atoms with E-state index in [1.807, 2.05) is 16.7 Å². The van der Waals surface area contributed by atoms with Crippen molar-refractivity contribution >= 4 is 40.5 Å². The van der Waals surface area contributed by atoms with Crippen LogP contribution in [0.25, 0.3) is 0 Å². The lowest BCUT2D eigenvalue weighted by Gasteiger charge is -2.44. The number of piperidine rings is 1. The van der Waals surface area contributed by atoms with Gasteiger partial charge in [0.25, 0.3) is 11.5 Å². The van der Waals surface area contributed by atoms with Gasteiger partial charge in [0.2, 0.25) is 5.91 Å². The average Bonchev–Trinajstić information content (AvgIpc) is 3.03. The minimum absolute atomic E-state index is 0.000234. The third kappa shape index (κ3) is 6.23. The van der Waals surface area contributed by atoms with Crippen LogP contribution >= 0.6 is 11.6 Å². The van der Waals surface area contributed by atoms with E-state index < -0.39 is 17.6 Å². The van der Waals surface area contributed by atoms with Crippen LogP contribution in [0.1, 0.15) is 34.0 Å². The molecule has 4 aromatic rings. The highest BCUT2D eigenvalue weighted by atomic mass is 35.5. The second-order valence-corrected chi connectivity index (χ2v) is 11.7. The standard InChI is InChI=1S/C34H32ClFN4O5/c1-44-30-12-10-23(15-31(30)45-2)37-34(43)21-9-11-29(27(14-21)38-32(41)16-24-25(35)5-3-6-26(24)36)39-17-20-13-22(19-39)28-7-4-8-33(42)40(28)18-20/h3-12,14-15,20,22H,13,16-19H2,1-2H3,(H,37,43)(H,38,41). The lowest BCUT2D eigenvalue weighted by molar-refractivity contribution is -0.115. The molecule has 0 spiro atoms. The molecule has 11 heteroatoms. The Balaban J connectivity index is 1.31. The number of pyridine rings is 1. The van der Waals surface area contributed by atoms with Gasteiger partial charge in [-0.2, -0.15) is 0 Å². The minimum Gasteiger partial charge on any atom is -0.493 e. The fraction of sp³-hybridized carbons (Fsp3) is 0.265. The molecule has 3 heterocycles. The van der Waals surface area contributed by atoms with Crippen LogP contribution in [0.2, 0.25) is 5.02 Å². The molecule has 2 amide bonds. The van der Waals surface area contributed by atoms with Gasteiger partial charge >= 0.3 is 0 Å². The Hall–Kier alpha value is -4.83. The van der Waals surface area contributed by atoms with E-state index in [2.05, 4.69) is 15.5 Å². The van der Waals surface area contributed by atoms with Crippen molar-refractivity contribution < 1.29 is 23.5 Å². The van der Waals surface area contributed by atoms with Crippen molar-refractivity contribution in [1.29, 1.82) is 0 Å². The van der Waals surface area contributed by atoms with E-state index in [-0.39, 0.29) is 34.4 Å². The highest BCUT2D eigenvalue weighted by Crippen LogP contribution is 2.39. The summed E-state index contributed by atoms with van der Waals surface area (Å²) in [5, 5.41) is 5.95. The molecule has 2 aliphatic heterocycles. The molecule has 3 aromatic carbocycles. The molecular weight excluding hydrogens is 599 g/mol. The van der Waals surface area contributed by atoms with E-state index in [9.17, 15) is 18.8 Å². The van der Waals surface area contributed by atoms with Crippen LogP contribution in [0.5, 0.6) is 11.5 Å². The summed E-state index contributed by atoms with van der Waals surface area (Å²) in [6, 6.07) is 19.8. The molecule has 1 fully saturated rings. The topological polar surface area (TPSA) is 102 Å². The van der Waals surface area contributed by atoms with Gasteiger partial charge in [-0.25, -0.2) is 4.39 Å². The Morgan fingerprint density at radius 3 is 2.51 bits per heavy atom. The van der Waals surface area contributed by atoms with Crippen LogP contribution in [0.15, 0.2) is 77.6 Å². The summed E-state index contributed by atoms with van der Waals surface area (Å²) in [6.45, 7) is 1.90. The average molecular weight is 631 g/mol. The summed E-state index contributed by atoms with van der Waals surface area (Å²) in [4.78, 5) is 41.4. The van der Waals surface area contributed by atoms with E-state index in [0.717, 1.165) is 17.8 Å². The Morgan fingerprint density at radius 1 is 0.933 bits per heavy atom. The number of hydrogen-bond donors (Lipinski definition) is 2. The van der Waals surface area contributed by atoms with Crippen molar-refractivity contribution in [2.75, 3.05) is 42.8 Å². The summed E-state index contributed by atoms with van der Waals surface area (Å²) < 4.78 is 27.0. The second-order valence-electron chi connectivity index (χ2n) is 11.3. The number of amides is 2. The van der Waals surface area contributed by atoms with Gasteiger partial charge < -0.3 is 29.6 Å². The van der Waals surface area contributed by atoms with Gasteiger partial charge in [-0.3, -0.25) is 14.4 Å². The highest BCUT2D eigenvalue weighted by Gasteiger charge is 2.35. The minimum atomic E-state index is -0.571. The molecule has 1 aromatic heterocycles. The number of carbonyl (C=O) groups excluding carboxylic acids is 2. The number of carbonyl (C=O) groups is 2. The fourth-order valence-electron chi connectivity index (χ4n) is 6.32. The van der Waals surface area contributed by atoms with Crippen molar-refractivity contribution in [3.8, 4) is 11.5 Å². The molecule has 0 radical (unpaired) electrons. The first-order valence-electron chi connectivity index (χ1n) is 14.6. The van der Waals surface area contributed by atoms with Crippen molar-refractivity contribution in [2.24, 2.45) is 5.92 Å². The number of ether oxygens (including phenoxy) is 2. The molecule has 232 valence electrons. The zero-order chi connectivity index (χ0) is 31.7. The van der Waals surface area contributed by atoms with E-state index in [0.29, 0.717) is 48.1 Å². The van der Waals surface area contributed by atoms with Gasteiger partial charge in [-0.05, 0) is 60.9 Å². The van der Waals surface area contributed by atoms with Crippen molar-refractivity contribution in [3.05, 3.63) is 111 Å². The van der Waals surface area contributed by atoms with E-state index in [1.165, 1.54) is 32.4 Å². The van der Waals surface area contributed by atoms with Gasteiger partial charge in [-0.15, -0.1) is 0 Å². The Labute approximate surface area is 264 Å². The van der Waals surface area contributed by atoms with E-state index in [4.69, 9.17) is 21.1 Å². The fourth-order valence-corrected chi connectivity index (χ4v) is 6.55. The number of aromatic nitrogens is 1. The number of nitrogens with zero attached hydrogens (tertiary/aromatic N) is 2. The predicted molar refractivity (Wildman–Crippen MR) is 171 cm³/mol. The molecule has 0 saturated carbocycles. The molecule has 2 N–H and O–H groups in total. The van der Waals surface area contributed by atoms with Crippen molar-refractivity contribution in [1.82, 2.24) is 4.57 Å². The zero-order valence-electron chi connectivity index (χ0n) is 24.8. The molecule has 45 heavy (non-hydrogen) atoms. The number of fused-ring (bicyclic) bond motifs is 4. The van der Waals surface area contributed by atoms with E-state index in [1.54, 1.807) is 42.5 Å². The SMILES string of the molecule is COc1ccc(NC(=O)c2ccc(N3CC4CC(C3)c3cccc(=O)n3C4)c(NC(=O)Cc3c(F)cccc3Cl)c2)cc1OC. The number of methoxy groups -OCH3 is 2. The van der Waals surface area contributed by atoms with Crippen LogP contribution < -0.4 is 30.6 Å². The molecule has 2 unspecified atom stereocenters. The molecule has 6 rings (SSSR count). The van der Waals surface area contributed by atoms with Gasteiger partial charge in [-0.1, -0.05) is 23.7 Å². The molecule has 2 atom stereocenters. The summed E-state index contributed by atoms with van der Waals surface area (Å²) in [5.41, 5.74) is 3.04. The van der Waals surface area contributed by atoms with Gasteiger partial charge in [0, 0.05) is 65.2 Å². The Bertz CT molecular complexity index is 1820. The van der Waals surface area contributed by atoms with Crippen LogP contribution in [0.3, 0.4) is 0 Å². The third-order valence-corrected chi connectivity index (χ3v) is 8.75. The predicted octanol–water partition coefficient (Wildman–Crippen LogP) is 5.72. The first-order valence-corrected chi connectivity index (χ1v) is 15.0. The van der Waals surface area contributed by atoms with Crippen molar-refractivity contribution in [2.45, 2.75) is 25.3 Å². The number of halogens is 2. The van der Waals surface area contributed by atoms with Gasteiger partial charge in [0.05, 0.1) is 32.0 Å². The summed E-state index contributed by atoms with van der Waals surface area (Å²) in [6.07, 6.45) is 0.674. The molecule has 2 aliphatic rings. The maximum atomic E-state index is 14.5. The van der Waals surface area contributed by atoms with Crippen LogP contribution in [0, 0.1) is 11.7 Å². The number of hydrogen-bond acceptors (Lipinski definition) is 6. The smallest absolute Gasteiger partial charge is 0.255 e.